The van der Waals surface area contributed by atoms with Crippen LogP contribution in [-0.4, -0.2) is 11.4 Å². The summed E-state index contributed by atoms with van der Waals surface area (Å²) >= 11 is 7.12. The van der Waals surface area contributed by atoms with E-state index in [0.717, 1.165) is 34.0 Å². The lowest BCUT2D eigenvalue weighted by Crippen LogP contribution is -2.18. The van der Waals surface area contributed by atoms with Crippen LogP contribution in [0.2, 0.25) is 0 Å². The van der Waals surface area contributed by atoms with Gasteiger partial charge in [0.2, 0.25) is 0 Å². The van der Waals surface area contributed by atoms with Crippen molar-refractivity contribution in [2.75, 3.05) is 5.33 Å². The van der Waals surface area contributed by atoms with Gasteiger partial charge in [-0.2, -0.15) is 0 Å². The largest absolute Gasteiger partial charge is 0.490 e. The van der Waals surface area contributed by atoms with E-state index in [1.165, 1.54) is 11.6 Å². The lowest BCUT2D eigenvalue weighted by Gasteiger charge is -2.19. The van der Waals surface area contributed by atoms with Crippen LogP contribution in [0, 0.1) is 5.82 Å². The zero-order valence-corrected chi connectivity index (χ0v) is 14.5. The number of benzene rings is 2. The molecular formula is C17H15Br2FO. The molecule has 0 saturated heterocycles. The molecule has 0 aliphatic carbocycles. The summed E-state index contributed by atoms with van der Waals surface area (Å²) in [6.45, 7) is 0. The molecule has 3 rings (SSSR count). The second-order valence-corrected chi connectivity index (χ2v) is 6.90. The van der Waals surface area contributed by atoms with Gasteiger partial charge in [-0.3, -0.25) is 0 Å². The fourth-order valence-corrected chi connectivity index (χ4v) is 3.84. The molecule has 2 aromatic carbocycles. The maximum atomic E-state index is 13.3. The van der Waals surface area contributed by atoms with Crippen LogP contribution in [0.3, 0.4) is 0 Å². The zero-order chi connectivity index (χ0) is 14.8. The first-order valence-corrected chi connectivity index (χ1v) is 8.83. The number of fused-ring (bicyclic) bond motifs is 1. The number of ether oxygens (including phenoxy) is 1. The Bertz CT molecular complexity index is 644. The molecule has 1 nitrogen and oxygen atoms in total. The molecule has 21 heavy (non-hydrogen) atoms. The normalized spacial score (nSPS) is 18.1. The van der Waals surface area contributed by atoms with Crippen LogP contribution in [-0.2, 0) is 6.42 Å². The van der Waals surface area contributed by atoms with Gasteiger partial charge in [0, 0.05) is 21.8 Å². The summed E-state index contributed by atoms with van der Waals surface area (Å²) in [5, 5.41) is 0.883. The third-order valence-electron chi connectivity index (χ3n) is 3.82. The SMILES string of the molecule is Fc1ccc2c(c1)CC(CC(CBr)c1cccc(Br)c1)O2. The molecule has 0 spiro atoms. The highest BCUT2D eigenvalue weighted by atomic mass is 79.9. The molecule has 1 aliphatic heterocycles. The van der Waals surface area contributed by atoms with Gasteiger partial charge in [-0.05, 0) is 48.2 Å². The monoisotopic (exact) mass is 412 g/mol. The Labute approximate surface area is 140 Å². The van der Waals surface area contributed by atoms with Crippen LogP contribution < -0.4 is 4.74 Å². The molecule has 2 unspecified atom stereocenters. The fraction of sp³-hybridized carbons (Fsp3) is 0.294. The molecule has 2 atom stereocenters. The summed E-state index contributed by atoms with van der Waals surface area (Å²) in [6.07, 6.45) is 1.81. The molecule has 1 heterocycles. The van der Waals surface area contributed by atoms with Crippen LogP contribution in [0.25, 0.3) is 0 Å². The Kier molecular flexibility index (Phi) is 4.65. The molecule has 0 fully saturated rings. The van der Waals surface area contributed by atoms with Crippen LogP contribution >= 0.6 is 31.9 Å². The van der Waals surface area contributed by atoms with Gasteiger partial charge >= 0.3 is 0 Å². The number of rotatable bonds is 4. The van der Waals surface area contributed by atoms with Gasteiger partial charge < -0.3 is 4.74 Å². The summed E-state index contributed by atoms with van der Waals surface area (Å²) in [5.74, 6) is 1.01. The first-order chi connectivity index (χ1) is 10.2. The topological polar surface area (TPSA) is 9.23 Å². The van der Waals surface area contributed by atoms with Crippen LogP contribution in [0.15, 0.2) is 46.9 Å². The minimum atomic E-state index is -0.193. The average Bonchev–Trinajstić information content (AvgIpc) is 2.86. The number of alkyl halides is 1. The van der Waals surface area contributed by atoms with E-state index in [9.17, 15) is 4.39 Å². The standard InChI is InChI=1S/C17H15Br2FO/c18-10-13(11-2-1-3-14(19)6-11)9-16-8-12-7-15(20)4-5-17(12)21-16/h1-7,13,16H,8-10H2. The molecule has 110 valence electrons. The van der Waals surface area contributed by atoms with Crippen LogP contribution in [0.1, 0.15) is 23.5 Å². The van der Waals surface area contributed by atoms with Gasteiger partial charge in [0.25, 0.3) is 0 Å². The number of hydrogen-bond donors (Lipinski definition) is 0. The molecule has 0 saturated carbocycles. The highest BCUT2D eigenvalue weighted by Crippen LogP contribution is 2.34. The van der Waals surface area contributed by atoms with Crippen molar-refractivity contribution >= 4 is 31.9 Å². The Hall–Kier alpha value is -0.870. The van der Waals surface area contributed by atoms with E-state index in [2.05, 4.69) is 50.1 Å². The molecule has 0 aromatic heterocycles. The van der Waals surface area contributed by atoms with Gasteiger partial charge in [-0.25, -0.2) is 4.39 Å². The molecule has 0 radical (unpaired) electrons. The summed E-state index contributed by atoms with van der Waals surface area (Å²) in [6, 6.07) is 13.1. The van der Waals surface area contributed by atoms with E-state index in [4.69, 9.17) is 4.74 Å². The van der Waals surface area contributed by atoms with Crippen molar-refractivity contribution in [1.82, 2.24) is 0 Å². The van der Waals surface area contributed by atoms with Gasteiger partial charge in [0.15, 0.2) is 0 Å². The lowest BCUT2D eigenvalue weighted by atomic mass is 9.93. The van der Waals surface area contributed by atoms with Crippen molar-refractivity contribution in [3.05, 3.63) is 63.9 Å². The first-order valence-electron chi connectivity index (χ1n) is 6.92. The third kappa shape index (κ3) is 3.49. The fourth-order valence-electron chi connectivity index (χ4n) is 2.79. The Morgan fingerprint density at radius 2 is 2.10 bits per heavy atom. The lowest BCUT2D eigenvalue weighted by molar-refractivity contribution is 0.213. The second kappa shape index (κ2) is 6.49. The molecule has 0 bridgehead atoms. The van der Waals surface area contributed by atoms with Gasteiger partial charge in [0.1, 0.15) is 17.7 Å². The highest BCUT2D eigenvalue weighted by Gasteiger charge is 2.26. The summed E-state index contributed by atoms with van der Waals surface area (Å²) in [7, 11) is 0. The van der Waals surface area contributed by atoms with Crippen molar-refractivity contribution in [2.45, 2.75) is 24.9 Å². The van der Waals surface area contributed by atoms with E-state index in [1.54, 1.807) is 12.1 Å². The van der Waals surface area contributed by atoms with E-state index < -0.39 is 0 Å². The second-order valence-electron chi connectivity index (χ2n) is 5.34. The minimum absolute atomic E-state index is 0.114. The van der Waals surface area contributed by atoms with Crippen molar-refractivity contribution in [2.24, 2.45) is 0 Å². The van der Waals surface area contributed by atoms with E-state index in [1.807, 2.05) is 6.07 Å². The molecule has 2 aromatic rings. The zero-order valence-electron chi connectivity index (χ0n) is 11.4. The van der Waals surface area contributed by atoms with Crippen molar-refractivity contribution in [1.29, 1.82) is 0 Å². The Balaban J connectivity index is 1.72. The van der Waals surface area contributed by atoms with Crippen LogP contribution in [0.5, 0.6) is 5.75 Å². The molecule has 0 N–H and O–H groups in total. The Morgan fingerprint density at radius 1 is 1.24 bits per heavy atom. The number of halogens is 3. The van der Waals surface area contributed by atoms with E-state index >= 15 is 0 Å². The highest BCUT2D eigenvalue weighted by molar-refractivity contribution is 9.10. The quantitative estimate of drug-likeness (QED) is 0.604. The maximum absolute atomic E-state index is 13.3. The number of hydrogen-bond acceptors (Lipinski definition) is 1. The molecule has 0 amide bonds. The summed E-state index contributed by atoms with van der Waals surface area (Å²) < 4.78 is 20.3. The smallest absolute Gasteiger partial charge is 0.123 e. The predicted octanol–water partition coefficient (Wildman–Crippen LogP) is 5.46. The van der Waals surface area contributed by atoms with E-state index in [-0.39, 0.29) is 11.9 Å². The maximum Gasteiger partial charge on any atom is 0.123 e. The average molecular weight is 414 g/mol. The van der Waals surface area contributed by atoms with E-state index in [0.29, 0.717) is 5.92 Å². The summed E-state index contributed by atoms with van der Waals surface area (Å²) in [5.41, 5.74) is 2.26. The van der Waals surface area contributed by atoms with Crippen molar-refractivity contribution < 1.29 is 9.13 Å². The van der Waals surface area contributed by atoms with Crippen molar-refractivity contribution in [3.63, 3.8) is 0 Å². The molecule has 4 heteroatoms. The Morgan fingerprint density at radius 3 is 2.86 bits per heavy atom. The minimum Gasteiger partial charge on any atom is -0.490 e. The van der Waals surface area contributed by atoms with Gasteiger partial charge in [-0.1, -0.05) is 44.0 Å². The third-order valence-corrected chi connectivity index (χ3v) is 5.09. The predicted molar refractivity (Wildman–Crippen MR) is 89.8 cm³/mol. The first kappa shape index (κ1) is 15.0. The van der Waals surface area contributed by atoms with Gasteiger partial charge in [-0.15, -0.1) is 0 Å². The van der Waals surface area contributed by atoms with Crippen LogP contribution in [0.4, 0.5) is 4.39 Å². The molecular weight excluding hydrogens is 399 g/mol. The molecule has 1 aliphatic rings. The van der Waals surface area contributed by atoms with Crippen molar-refractivity contribution in [3.8, 4) is 5.75 Å². The van der Waals surface area contributed by atoms with Gasteiger partial charge in [0.05, 0.1) is 0 Å². The summed E-state index contributed by atoms with van der Waals surface area (Å²) in [4.78, 5) is 0.